The number of hydrogen-bond acceptors (Lipinski definition) is 4. The van der Waals surface area contributed by atoms with Crippen LogP contribution >= 0.6 is 11.3 Å². The van der Waals surface area contributed by atoms with E-state index in [1.165, 1.54) is 9.75 Å². The number of nitrogens with one attached hydrogen (secondary N) is 1. The Hall–Kier alpha value is -1.23. The molecule has 0 bridgehead atoms. The second-order valence-corrected chi connectivity index (χ2v) is 5.69. The number of thiophene rings is 1. The average molecular weight is 261 g/mol. The summed E-state index contributed by atoms with van der Waals surface area (Å²) in [5.74, 6) is 5.67. The van der Waals surface area contributed by atoms with Gasteiger partial charge in [0.1, 0.15) is 0 Å². The molecule has 0 spiro atoms. The van der Waals surface area contributed by atoms with Crippen molar-refractivity contribution in [1.29, 1.82) is 0 Å². The zero-order valence-corrected chi connectivity index (χ0v) is 11.6. The predicted molar refractivity (Wildman–Crippen MR) is 76.4 cm³/mol. The summed E-state index contributed by atoms with van der Waals surface area (Å²) in [7, 11) is 0. The van der Waals surface area contributed by atoms with Crippen LogP contribution in [0.25, 0.3) is 0 Å². The van der Waals surface area contributed by atoms with Crippen LogP contribution < -0.4 is 11.3 Å². The highest BCUT2D eigenvalue weighted by molar-refractivity contribution is 7.11. The Morgan fingerprint density at radius 2 is 2.11 bits per heavy atom. The van der Waals surface area contributed by atoms with Crippen LogP contribution in [0, 0.1) is 6.92 Å². The highest BCUT2D eigenvalue weighted by Gasteiger charge is 2.12. The van der Waals surface area contributed by atoms with Crippen LogP contribution in [0.3, 0.4) is 0 Å². The molecule has 4 heteroatoms. The van der Waals surface area contributed by atoms with Gasteiger partial charge in [0.25, 0.3) is 0 Å². The predicted octanol–water partition coefficient (Wildman–Crippen LogP) is 2.76. The summed E-state index contributed by atoms with van der Waals surface area (Å²) < 4.78 is 0. The van der Waals surface area contributed by atoms with Crippen molar-refractivity contribution >= 4 is 11.3 Å². The molecule has 18 heavy (non-hydrogen) atoms. The number of hydrazine groups is 1. The molecule has 2 aromatic heterocycles. The van der Waals surface area contributed by atoms with E-state index in [0.717, 1.165) is 24.0 Å². The van der Waals surface area contributed by atoms with E-state index in [9.17, 15) is 0 Å². The van der Waals surface area contributed by atoms with Gasteiger partial charge in [-0.2, -0.15) is 0 Å². The molecular weight excluding hydrogens is 242 g/mol. The molecule has 2 heterocycles. The lowest BCUT2D eigenvalue weighted by Gasteiger charge is -2.15. The molecule has 1 atom stereocenters. The fraction of sp³-hybridized carbons (Fsp3) is 0.357. The maximum Gasteiger partial charge on any atom is 0.0523 e. The van der Waals surface area contributed by atoms with Crippen LogP contribution in [-0.2, 0) is 12.8 Å². The minimum atomic E-state index is 0.126. The van der Waals surface area contributed by atoms with Gasteiger partial charge in [-0.25, -0.2) is 0 Å². The maximum atomic E-state index is 5.67. The number of aryl methyl sites for hydroxylation is 2. The van der Waals surface area contributed by atoms with Crippen LogP contribution in [-0.4, -0.2) is 4.98 Å². The van der Waals surface area contributed by atoms with E-state index in [2.05, 4.69) is 35.5 Å². The normalized spacial score (nSPS) is 12.6. The molecule has 2 aromatic rings. The SMILES string of the molecule is CCc1ccc(CC(NN)c2cncc(C)c2)s1. The lowest BCUT2D eigenvalue weighted by atomic mass is 10.0. The monoisotopic (exact) mass is 261 g/mol. The summed E-state index contributed by atoms with van der Waals surface area (Å²) >= 11 is 1.86. The van der Waals surface area contributed by atoms with E-state index in [0.29, 0.717) is 0 Å². The minimum absolute atomic E-state index is 0.126. The summed E-state index contributed by atoms with van der Waals surface area (Å²) in [4.78, 5) is 7.00. The fourth-order valence-corrected chi connectivity index (χ4v) is 2.97. The Bertz CT molecular complexity index is 507. The number of rotatable bonds is 5. The number of hydrogen-bond donors (Lipinski definition) is 2. The molecule has 0 radical (unpaired) electrons. The molecular formula is C14H19N3S. The molecule has 0 saturated heterocycles. The Labute approximate surface area is 112 Å². The van der Waals surface area contributed by atoms with Gasteiger partial charge in [0, 0.05) is 28.6 Å². The van der Waals surface area contributed by atoms with Gasteiger partial charge in [-0.3, -0.25) is 16.3 Å². The van der Waals surface area contributed by atoms with Crippen molar-refractivity contribution in [2.24, 2.45) is 5.84 Å². The lowest BCUT2D eigenvalue weighted by molar-refractivity contribution is 0.553. The van der Waals surface area contributed by atoms with Crippen LogP contribution in [0.15, 0.2) is 30.6 Å². The van der Waals surface area contributed by atoms with Crippen molar-refractivity contribution in [2.75, 3.05) is 0 Å². The van der Waals surface area contributed by atoms with E-state index in [1.54, 1.807) is 0 Å². The first-order chi connectivity index (χ1) is 8.72. The summed E-state index contributed by atoms with van der Waals surface area (Å²) in [6, 6.07) is 6.64. The Morgan fingerprint density at radius 1 is 1.33 bits per heavy atom. The molecule has 2 rings (SSSR count). The van der Waals surface area contributed by atoms with E-state index < -0.39 is 0 Å². The van der Waals surface area contributed by atoms with E-state index in [-0.39, 0.29) is 6.04 Å². The van der Waals surface area contributed by atoms with Gasteiger partial charge >= 0.3 is 0 Å². The van der Waals surface area contributed by atoms with Gasteiger partial charge in [0.15, 0.2) is 0 Å². The third-order valence-electron chi connectivity index (χ3n) is 2.97. The second kappa shape index (κ2) is 6.09. The lowest BCUT2D eigenvalue weighted by Crippen LogP contribution is -2.29. The number of nitrogens with zero attached hydrogens (tertiary/aromatic N) is 1. The third-order valence-corrected chi connectivity index (χ3v) is 4.22. The Morgan fingerprint density at radius 3 is 2.72 bits per heavy atom. The molecule has 0 aliphatic rings. The van der Waals surface area contributed by atoms with Crippen molar-refractivity contribution in [3.05, 3.63) is 51.5 Å². The van der Waals surface area contributed by atoms with E-state index in [4.69, 9.17) is 5.84 Å². The van der Waals surface area contributed by atoms with Crippen molar-refractivity contribution in [3.8, 4) is 0 Å². The molecule has 1 unspecified atom stereocenters. The van der Waals surface area contributed by atoms with Crippen LogP contribution in [0.2, 0.25) is 0 Å². The molecule has 0 saturated carbocycles. The van der Waals surface area contributed by atoms with Crippen molar-refractivity contribution in [1.82, 2.24) is 10.4 Å². The average Bonchev–Trinajstić information content (AvgIpc) is 2.83. The van der Waals surface area contributed by atoms with Crippen molar-refractivity contribution in [2.45, 2.75) is 32.7 Å². The van der Waals surface area contributed by atoms with Crippen LogP contribution in [0.5, 0.6) is 0 Å². The van der Waals surface area contributed by atoms with Gasteiger partial charge in [-0.1, -0.05) is 13.0 Å². The highest BCUT2D eigenvalue weighted by Crippen LogP contribution is 2.23. The first-order valence-electron chi connectivity index (χ1n) is 6.18. The molecule has 0 aliphatic carbocycles. The standard InChI is InChI=1S/C14H19N3S/c1-3-12-4-5-13(18-12)7-14(17-15)11-6-10(2)8-16-9-11/h4-6,8-9,14,17H,3,7,15H2,1-2H3. The highest BCUT2D eigenvalue weighted by atomic mass is 32.1. The van der Waals surface area contributed by atoms with Gasteiger partial charge in [0.2, 0.25) is 0 Å². The first-order valence-corrected chi connectivity index (χ1v) is 7.00. The van der Waals surface area contributed by atoms with Gasteiger partial charge in [0.05, 0.1) is 6.04 Å². The maximum absolute atomic E-state index is 5.67. The largest absolute Gasteiger partial charge is 0.271 e. The zero-order chi connectivity index (χ0) is 13.0. The molecule has 3 N–H and O–H groups in total. The van der Waals surface area contributed by atoms with Gasteiger partial charge < -0.3 is 0 Å². The Balaban J connectivity index is 2.14. The quantitative estimate of drug-likeness (QED) is 0.643. The smallest absolute Gasteiger partial charge is 0.0523 e. The van der Waals surface area contributed by atoms with E-state index >= 15 is 0 Å². The molecule has 96 valence electrons. The third kappa shape index (κ3) is 3.16. The second-order valence-electron chi connectivity index (χ2n) is 4.44. The molecule has 0 aliphatic heterocycles. The molecule has 0 fully saturated rings. The van der Waals surface area contributed by atoms with Crippen molar-refractivity contribution in [3.63, 3.8) is 0 Å². The summed E-state index contributed by atoms with van der Waals surface area (Å²) in [6.45, 7) is 4.23. The summed E-state index contributed by atoms with van der Waals surface area (Å²) in [5.41, 5.74) is 5.19. The topological polar surface area (TPSA) is 50.9 Å². The molecule has 0 aromatic carbocycles. The van der Waals surface area contributed by atoms with Gasteiger partial charge in [-0.05, 0) is 36.6 Å². The zero-order valence-electron chi connectivity index (χ0n) is 10.8. The Kier molecular flexibility index (Phi) is 4.47. The number of pyridine rings is 1. The van der Waals surface area contributed by atoms with Crippen LogP contribution in [0.1, 0.15) is 33.8 Å². The van der Waals surface area contributed by atoms with Crippen molar-refractivity contribution < 1.29 is 0 Å². The number of nitrogens with two attached hydrogens (primary N) is 1. The molecule has 0 amide bonds. The summed E-state index contributed by atoms with van der Waals surface area (Å²) in [5, 5.41) is 0. The van der Waals surface area contributed by atoms with Crippen LogP contribution in [0.4, 0.5) is 0 Å². The number of aromatic nitrogens is 1. The van der Waals surface area contributed by atoms with Gasteiger partial charge in [-0.15, -0.1) is 11.3 Å². The molecule has 3 nitrogen and oxygen atoms in total. The fourth-order valence-electron chi connectivity index (χ4n) is 1.97. The first kappa shape index (κ1) is 13.2. The van der Waals surface area contributed by atoms with E-state index in [1.807, 2.05) is 30.7 Å². The summed E-state index contributed by atoms with van der Waals surface area (Å²) in [6.07, 6.45) is 5.74. The minimum Gasteiger partial charge on any atom is -0.271 e.